The molecule has 1 heterocycles. The van der Waals surface area contributed by atoms with Gasteiger partial charge in [-0.25, -0.2) is 0 Å². The Bertz CT molecular complexity index is 3610. The average Bonchev–Trinajstić information content (AvgIpc) is 3.81. The lowest BCUT2D eigenvalue weighted by Gasteiger charge is -2.36. The van der Waals surface area contributed by atoms with Crippen LogP contribution in [0, 0.1) is 0 Å². The highest BCUT2D eigenvalue weighted by Crippen LogP contribution is 2.59. The van der Waals surface area contributed by atoms with Gasteiger partial charge in [-0.3, -0.25) is 0 Å². The van der Waals surface area contributed by atoms with Crippen molar-refractivity contribution in [2.24, 2.45) is 0 Å². The number of anilines is 3. The number of allylic oxidation sites excluding steroid dienone is 20. The molecule has 7 aliphatic rings. The fourth-order valence-electron chi connectivity index (χ4n) is 12.3. The minimum absolute atomic E-state index is 0.120. The van der Waals surface area contributed by atoms with Gasteiger partial charge >= 0.3 is 0 Å². The Hall–Kier alpha value is -7.94. The van der Waals surface area contributed by atoms with Gasteiger partial charge in [0.05, 0.1) is 11.7 Å². The lowest BCUT2D eigenvalue weighted by atomic mass is 9.77. The second-order valence-electron chi connectivity index (χ2n) is 20.7. The summed E-state index contributed by atoms with van der Waals surface area (Å²) in [6.07, 6.45) is 44.0. The normalized spacial score (nSPS) is 19.5. The second kappa shape index (κ2) is 16.4. The van der Waals surface area contributed by atoms with Gasteiger partial charge in [0.15, 0.2) is 0 Å². The molecule has 6 aliphatic carbocycles. The number of fused-ring (bicyclic) bond motifs is 11. The quantitative estimate of drug-likeness (QED) is 0.164. The van der Waals surface area contributed by atoms with Crippen LogP contribution in [-0.4, -0.2) is 6.04 Å². The van der Waals surface area contributed by atoms with Gasteiger partial charge in [-0.2, -0.15) is 0 Å². The first-order valence-electron chi connectivity index (χ1n) is 25.1. The SMILES string of the molecule is CC1(C)c2cc3c(cc2-c2c(N(C4=CC=C(C5=CC=CCC=C5)CC=C4)C4=CC=C(c5ccc6c(c5)C5=CC(C=CC=C5)N6c5ccccc5)C=CC4)cccc21)-c1c(ccc2ccccc12)C3(C)C. The summed E-state index contributed by atoms with van der Waals surface area (Å²) in [6.45, 7) is 9.70. The van der Waals surface area contributed by atoms with Crippen molar-refractivity contribution in [1.82, 2.24) is 0 Å². The van der Waals surface area contributed by atoms with E-state index in [1.807, 2.05) is 0 Å². The van der Waals surface area contributed by atoms with E-state index in [1.54, 1.807) is 0 Å². The third-order valence-electron chi connectivity index (χ3n) is 15.9. The van der Waals surface area contributed by atoms with E-state index >= 15 is 0 Å². The van der Waals surface area contributed by atoms with Gasteiger partial charge < -0.3 is 9.80 Å². The van der Waals surface area contributed by atoms with Gasteiger partial charge in [0.1, 0.15) is 0 Å². The van der Waals surface area contributed by atoms with Crippen LogP contribution in [0.3, 0.4) is 0 Å². The fourth-order valence-corrected chi connectivity index (χ4v) is 12.3. The summed E-state index contributed by atoms with van der Waals surface area (Å²) in [6, 6.07) is 43.8. The number of nitrogens with zero attached hydrogens (tertiary/aromatic N) is 2. The first-order chi connectivity index (χ1) is 34.2. The van der Waals surface area contributed by atoms with Gasteiger partial charge in [0.25, 0.3) is 0 Å². The lowest BCUT2D eigenvalue weighted by molar-refractivity contribution is 0.639. The maximum Gasteiger partial charge on any atom is 0.0718 e. The molecule has 1 atom stereocenters. The van der Waals surface area contributed by atoms with Crippen LogP contribution in [0.25, 0.3) is 44.2 Å². The molecule has 1 unspecified atom stereocenters. The third kappa shape index (κ3) is 6.68. The molecule has 0 N–H and O–H groups in total. The number of hydrogen-bond donors (Lipinski definition) is 0. The molecule has 6 aromatic rings. The molecule has 2 heteroatoms. The van der Waals surface area contributed by atoms with Gasteiger partial charge in [0.2, 0.25) is 0 Å². The predicted octanol–water partition coefficient (Wildman–Crippen LogP) is 17.4. The number of rotatable bonds is 6. The molecule has 0 fully saturated rings. The number of para-hydroxylation sites is 1. The van der Waals surface area contributed by atoms with E-state index in [0.29, 0.717) is 0 Å². The Morgan fingerprint density at radius 3 is 2.21 bits per heavy atom. The van der Waals surface area contributed by atoms with Crippen molar-refractivity contribution in [3.05, 3.63) is 281 Å². The highest BCUT2D eigenvalue weighted by Gasteiger charge is 2.43. The Balaban J connectivity index is 0.972. The van der Waals surface area contributed by atoms with E-state index in [4.69, 9.17) is 0 Å². The van der Waals surface area contributed by atoms with Crippen LogP contribution in [0.1, 0.15) is 80.3 Å². The van der Waals surface area contributed by atoms with Gasteiger partial charge in [-0.15, -0.1) is 0 Å². The molecular weight excluding hydrogens is 845 g/mol. The standard InChI is InChI=1S/C68H56N2/c1-67(2)59-31-18-32-64(66(59)58-43-57-61(44-62(58)67)68(3,4)60-39-35-48-21-13-15-30-55(48)65(57)60)69(52-28-16-23-46(33-37-52)45-19-8-5-6-9-20-45)53-29-17-24-47(34-38-53)49-36-40-63-56(42-49)50-22-12-14-27-54(41-50)70(63)51-25-10-7-11-26-51/h5,7-22,24-28,30-44,54H,6,23,29H2,1-4H3. The number of hydrogen-bond acceptors (Lipinski definition) is 2. The molecular formula is C68H56N2. The molecule has 6 aromatic carbocycles. The predicted molar refractivity (Wildman–Crippen MR) is 297 cm³/mol. The monoisotopic (exact) mass is 900 g/mol. The van der Waals surface area contributed by atoms with Crippen LogP contribution in [0.5, 0.6) is 0 Å². The summed E-state index contributed by atoms with van der Waals surface area (Å²) in [5.41, 5.74) is 24.2. The summed E-state index contributed by atoms with van der Waals surface area (Å²) in [7, 11) is 0. The smallest absolute Gasteiger partial charge is 0.0718 e. The average molecular weight is 901 g/mol. The summed E-state index contributed by atoms with van der Waals surface area (Å²) in [5.74, 6) is 0. The topological polar surface area (TPSA) is 6.48 Å². The zero-order chi connectivity index (χ0) is 47.1. The van der Waals surface area contributed by atoms with Crippen LogP contribution in [0.2, 0.25) is 0 Å². The molecule has 0 radical (unpaired) electrons. The Morgan fingerprint density at radius 2 is 1.33 bits per heavy atom. The van der Waals surface area contributed by atoms with Crippen LogP contribution >= 0.6 is 0 Å². The molecule has 0 saturated heterocycles. The van der Waals surface area contributed by atoms with Crippen LogP contribution in [0.15, 0.2) is 247 Å². The van der Waals surface area contributed by atoms with Gasteiger partial charge in [0, 0.05) is 51.1 Å². The molecule has 0 amide bonds. The molecule has 13 rings (SSSR count). The van der Waals surface area contributed by atoms with Gasteiger partial charge in [-0.1, -0.05) is 192 Å². The molecule has 338 valence electrons. The first kappa shape index (κ1) is 42.2. The largest absolute Gasteiger partial charge is 0.330 e. The van der Waals surface area contributed by atoms with Crippen molar-refractivity contribution in [3.8, 4) is 22.3 Å². The Morgan fingerprint density at radius 1 is 0.529 bits per heavy atom. The molecule has 70 heavy (non-hydrogen) atoms. The van der Waals surface area contributed by atoms with Crippen molar-refractivity contribution >= 4 is 39.0 Å². The summed E-state index contributed by atoms with van der Waals surface area (Å²) in [4.78, 5) is 5.03. The Labute approximate surface area is 413 Å². The summed E-state index contributed by atoms with van der Waals surface area (Å²) >= 11 is 0. The van der Waals surface area contributed by atoms with Crippen LogP contribution in [-0.2, 0) is 10.8 Å². The van der Waals surface area contributed by atoms with Crippen molar-refractivity contribution in [2.75, 3.05) is 9.80 Å². The van der Waals surface area contributed by atoms with Gasteiger partial charge in [-0.05, 0) is 151 Å². The minimum atomic E-state index is -0.202. The Kier molecular flexibility index (Phi) is 9.85. The molecule has 2 bridgehead atoms. The molecule has 0 spiro atoms. The highest BCUT2D eigenvalue weighted by molar-refractivity contribution is 6.05. The molecule has 0 saturated carbocycles. The van der Waals surface area contributed by atoms with E-state index < -0.39 is 0 Å². The number of benzene rings is 6. The molecule has 1 aliphatic heterocycles. The summed E-state index contributed by atoms with van der Waals surface area (Å²) in [5, 5.41) is 2.62. The van der Waals surface area contributed by atoms with E-state index in [0.717, 1.165) is 25.0 Å². The second-order valence-corrected chi connectivity index (χ2v) is 20.7. The molecule has 2 nitrogen and oxygen atoms in total. The minimum Gasteiger partial charge on any atom is -0.330 e. The molecule has 0 aromatic heterocycles. The van der Waals surface area contributed by atoms with Crippen molar-refractivity contribution in [3.63, 3.8) is 0 Å². The van der Waals surface area contributed by atoms with Crippen molar-refractivity contribution in [2.45, 2.75) is 63.8 Å². The van der Waals surface area contributed by atoms with E-state index in [-0.39, 0.29) is 16.9 Å². The van der Waals surface area contributed by atoms with E-state index in [2.05, 4.69) is 262 Å². The zero-order valence-electron chi connectivity index (χ0n) is 40.5. The maximum absolute atomic E-state index is 2.58. The lowest BCUT2D eigenvalue weighted by Crippen LogP contribution is -2.31. The van der Waals surface area contributed by atoms with E-state index in [1.165, 1.54) is 111 Å². The zero-order valence-corrected chi connectivity index (χ0v) is 40.5. The third-order valence-corrected chi connectivity index (χ3v) is 15.9. The maximum atomic E-state index is 2.58. The highest BCUT2D eigenvalue weighted by atomic mass is 15.2. The van der Waals surface area contributed by atoms with Crippen LogP contribution < -0.4 is 9.80 Å². The van der Waals surface area contributed by atoms with Crippen molar-refractivity contribution in [1.29, 1.82) is 0 Å². The summed E-state index contributed by atoms with van der Waals surface area (Å²) < 4.78 is 0. The fraction of sp³-hybridized carbons (Fsp3) is 0.147. The van der Waals surface area contributed by atoms with Crippen molar-refractivity contribution < 1.29 is 0 Å². The first-order valence-corrected chi connectivity index (χ1v) is 25.1. The van der Waals surface area contributed by atoms with Crippen LogP contribution in [0.4, 0.5) is 17.1 Å². The van der Waals surface area contributed by atoms with E-state index in [9.17, 15) is 0 Å².